The van der Waals surface area contributed by atoms with Gasteiger partial charge in [0.05, 0.1) is 0 Å². The summed E-state index contributed by atoms with van der Waals surface area (Å²) >= 11 is 3.42. The third-order valence-electron chi connectivity index (χ3n) is 5.60. The van der Waals surface area contributed by atoms with Crippen LogP contribution < -0.4 is 0 Å². The number of nitrogens with zero attached hydrogens (tertiary/aromatic N) is 1. The molecule has 0 N–H and O–H groups in total. The first-order valence-electron chi connectivity index (χ1n) is 8.93. The van der Waals surface area contributed by atoms with Crippen molar-refractivity contribution >= 4 is 27.3 Å². The molecule has 1 atom stereocenters. The second kappa shape index (κ2) is 6.89. The maximum Gasteiger partial charge on any atom is 0.164 e. The summed E-state index contributed by atoms with van der Waals surface area (Å²) in [6.45, 7) is 5.21. The van der Waals surface area contributed by atoms with E-state index >= 15 is 0 Å². The van der Waals surface area contributed by atoms with Gasteiger partial charge in [-0.15, -0.1) is 0 Å². The number of allylic oxidation sites excluding steroid dienone is 1. The number of piperidine rings is 1. The Morgan fingerprint density at radius 1 is 1.16 bits per heavy atom. The van der Waals surface area contributed by atoms with Gasteiger partial charge in [0.1, 0.15) is 0 Å². The summed E-state index contributed by atoms with van der Waals surface area (Å²) < 4.78 is 1.01. The third kappa shape index (κ3) is 3.23. The van der Waals surface area contributed by atoms with Crippen molar-refractivity contribution in [2.75, 3.05) is 19.6 Å². The van der Waals surface area contributed by atoms with E-state index in [-0.39, 0.29) is 5.78 Å². The van der Waals surface area contributed by atoms with Gasteiger partial charge in [-0.25, -0.2) is 0 Å². The molecule has 0 saturated carbocycles. The summed E-state index contributed by atoms with van der Waals surface area (Å²) in [6.07, 6.45) is 1.71. The summed E-state index contributed by atoms with van der Waals surface area (Å²) in [5.74, 6) is 0.754. The number of hydrogen-bond acceptors (Lipinski definition) is 2. The molecule has 2 aliphatic rings. The minimum atomic E-state index is 0.233. The zero-order valence-corrected chi connectivity index (χ0v) is 16.1. The Bertz CT molecular complexity index is 837. The highest BCUT2D eigenvalue weighted by Crippen LogP contribution is 2.45. The Labute approximate surface area is 157 Å². The summed E-state index contributed by atoms with van der Waals surface area (Å²) in [4.78, 5) is 14.9. The minimum absolute atomic E-state index is 0.233. The van der Waals surface area contributed by atoms with E-state index in [9.17, 15) is 4.79 Å². The number of fused-ring (bicyclic) bond motifs is 3. The number of halogens is 1. The summed E-state index contributed by atoms with van der Waals surface area (Å²) in [5.41, 5.74) is 6.79. The van der Waals surface area contributed by atoms with Crippen molar-refractivity contribution in [3.63, 3.8) is 0 Å². The normalized spacial score (nSPS) is 19.7. The highest BCUT2D eigenvalue weighted by Gasteiger charge is 2.33. The van der Waals surface area contributed by atoms with E-state index in [2.05, 4.69) is 52.0 Å². The lowest BCUT2D eigenvalue weighted by atomic mass is 9.89. The topological polar surface area (TPSA) is 20.3 Å². The maximum absolute atomic E-state index is 12.4. The molecule has 1 unspecified atom stereocenters. The van der Waals surface area contributed by atoms with Crippen LogP contribution in [-0.4, -0.2) is 30.3 Å². The Morgan fingerprint density at radius 3 is 2.72 bits per heavy atom. The van der Waals surface area contributed by atoms with Crippen molar-refractivity contribution < 1.29 is 4.79 Å². The van der Waals surface area contributed by atoms with Gasteiger partial charge < -0.3 is 4.90 Å². The average molecular weight is 396 g/mol. The van der Waals surface area contributed by atoms with Crippen molar-refractivity contribution in [2.24, 2.45) is 0 Å². The fourth-order valence-electron chi connectivity index (χ4n) is 4.21. The van der Waals surface area contributed by atoms with Gasteiger partial charge in [0.15, 0.2) is 5.78 Å². The first kappa shape index (κ1) is 16.7. The smallest absolute Gasteiger partial charge is 0.164 e. The van der Waals surface area contributed by atoms with Gasteiger partial charge in [-0.2, -0.15) is 0 Å². The van der Waals surface area contributed by atoms with Gasteiger partial charge in [-0.1, -0.05) is 57.9 Å². The van der Waals surface area contributed by atoms with Crippen LogP contribution in [-0.2, 0) is 0 Å². The fourth-order valence-corrected chi connectivity index (χ4v) is 4.47. The largest absolute Gasteiger partial charge is 0.302 e. The molecule has 1 aliphatic carbocycles. The summed E-state index contributed by atoms with van der Waals surface area (Å²) in [7, 11) is 0. The van der Waals surface area contributed by atoms with Crippen molar-refractivity contribution in [2.45, 2.75) is 25.7 Å². The quantitative estimate of drug-likeness (QED) is 0.654. The van der Waals surface area contributed by atoms with Crippen LogP contribution in [0.3, 0.4) is 0 Å². The monoisotopic (exact) mass is 395 g/mol. The molecule has 4 rings (SSSR count). The molecule has 1 aliphatic heterocycles. The van der Waals surface area contributed by atoms with Crippen LogP contribution in [0.25, 0.3) is 5.57 Å². The van der Waals surface area contributed by atoms with E-state index in [4.69, 9.17) is 0 Å². The lowest BCUT2D eigenvalue weighted by Crippen LogP contribution is -2.36. The number of likely N-dealkylation sites (tertiary alicyclic amines) is 1. The van der Waals surface area contributed by atoms with Gasteiger partial charge in [-0.05, 0) is 42.2 Å². The second-order valence-electron chi connectivity index (χ2n) is 7.02. The number of ketones is 1. The second-order valence-corrected chi connectivity index (χ2v) is 7.94. The molecule has 0 bridgehead atoms. The lowest BCUT2D eigenvalue weighted by molar-refractivity contribution is 0.0960. The van der Waals surface area contributed by atoms with Crippen molar-refractivity contribution in [3.8, 4) is 0 Å². The first-order chi connectivity index (χ1) is 12.1. The Hall–Kier alpha value is -1.71. The van der Waals surface area contributed by atoms with E-state index in [1.54, 1.807) is 5.57 Å². The maximum atomic E-state index is 12.4. The molecule has 2 aromatic rings. The first-order valence-corrected chi connectivity index (χ1v) is 9.73. The van der Waals surface area contributed by atoms with Gasteiger partial charge in [0.2, 0.25) is 0 Å². The number of hydrogen-bond donors (Lipinski definition) is 0. The van der Waals surface area contributed by atoms with Crippen LogP contribution in [0.5, 0.6) is 0 Å². The highest BCUT2D eigenvalue weighted by molar-refractivity contribution is 9.10. The number of benzene rings is 2. The SMILES string of the molecule is CC1=C2CCN(CCC(=O)c3ccc(Br)cc3)CC2c2ccccc21. The molecule has 1 fully saturated rings. The van der Waals surface area contributed by atoms with Crippen molar-refractivity contribution in [3.05, 3.63) is 75.3 Å². The molecule has 0 spiro atoms. The molecule has 25 heavy (non-hydrogen) atoms. The molecule has 2 nitrogen and oxygen atoms in total. The average Bonchev–Trinajstić information content (AvgIpc) is 2.93. The molecule has 0 amide bonds. The summed E-state index contributed by atoms with van der Waals surface area (Å²) in [5, 5.41) is 0. The zero-order chi connectivity index (χ0) is 17.4. The number of rotatable bonds is 4. The lowest BCUT2D eigenvalue weighted by Gasteiger charge is -2.33. The van der Waals surface area contributed by atoms with Crippen LogP contribution in [0, 0.1) is 0 Å². The molecule has 128 valence electrons. The Balaban J connectivity index is 1.41. The predicted octanol–water partition coefficient (Wildman–Crippen LogP) is 5.30. The molecule has 3 heteroatoms. The third-order valence-corrected chi connectivity index (χ3v) is 6.13. The molecule has 2 aromatic carbocycles. The van der Waals surface area contributed by atoms with E-state index in [1.807, 2.05) is 24.3 Å². The molecular formula is C22H22BrNO. The van der Waals surface area contributed by atoms with Crippen molar-refractivity contribution in [1.82, 2.24) is 4.90 Å². The molecule has 1 saturated heterocycles. The van der Waals surface area contributed by atoms with E-state index in [0.29, 0.717) is 12.3 Å². The molecular weight excluding hydrogens is 374 g/mol. The number of Topliss-reactive ketones (excluding diaryl/α,β-unsaturated/α-hetero) is 1. The molecule has 1 heterocycles. The highest BCUT2D eigenvalue weighted by atomic mass is 79.9. The van der Waals surface area contributed by atoms with E-state index in [0.717, 1.165) is 36.1 Å². The van der Waals surface area contributed by atoms with Gasteiger partial charge in [-0.3, -0.25) is 4.79 Å². The minimum Gasteiger partial charge on any atom is -0.302 e. The van der Waals surface area contributed by atoms with Crippen LogP contribution >= 0.6 is 15.9 Å². The Morgan fingerprint density at radius 2 is 1.92 bits per heavy atom. The van der Waals surface area contributed by atoms with Crippen LogP contribution in [0.15, 0.2) is 58.6 Å². The zero-order valence-electron chi connectivity index (χ0n) is 14.5. The van der Waals surface area contributed by atoms with Crippen LogP contribution in [0.2, 0.25) is 0 Å². The molecule has 0 radical (unpaired) electrons. The van der Waals surface area contributed by atoms with E-state index in [1.165, 1.54) is 16.7 Å². The Kier molecular flexibility index (Phi) is 4.61. The number of carbonyl (C=O) groups is 1. The number of carbonyl (C=O) groups excluding carboxylic acids is 1. The fraction of sp³-hybridized carbons (Fsp3) is 0.318. The molecule has 0 aromatic heterocycles. The standard InChI is InChI=1S/C22H22BrNO/c1-15-18-4-2-3-5-20(18)21-14-24(12-10-19(15)21)13-11-22(25)16-6-8-17(23)9-7-16/h2-9,21H,10-14H2,1H3. The van der Waals surface area contributed by atoms with Crippen LogP contribution in [0.1, 0.15) is 47.2 Å². The van der Waals surface area contributed by atoms with Crippen molar-refractivity contribution in [1.29, 1.82) is 0 Å². The van der Waals surface area contributed by atoms with E-state index < -0.39 is 0 Å². The van der Waals surface area contributed by atoms with Gasteiger partial charge in [0.25, 0.3) is 0 Å². The predicted molar refractivity (Wildman–Crippen MR) is 106 cm³/mol. The van der Waals surface area contributed by atoms with Crippen LogP contribution in [0.4, 0.5) is 0 Å². The van der Waals surface area contributed by atoms with Gasteiger partial charge >= 0.3 is 0 Å². The summed E-state index contributed by atoms with van der Waals surface area (Å²) in [6, 6.07) is 16.5. The van der Waals surface area contributed by atoms with Gasteiger partial charge in [0, 0.05) is 42.0 Å².